The van der Waals surface area contributed by atoms with Gasteiger partial charge >= 0.3 is 0 Å². The van der Waals surface area contributed by atoms with Gasteiger partial charge in [-0.3, -0.25) is 10.1 Å². The minimum atomic E-state index is -0.336. The highest BCUT2D eigenvalue weighted by atomic mass is 79.9. The molecule has 2 N–H and O–H groups in total. The van der Waals surface area contributed by atoms with E-state index >= 15 is 0 Å². The molecule has 0 heterocycles. The van der Waals surface area contributed by atoms with Gasteiger partial charge in [-0.2, -0.15) is 0 Å². The molecule has 0 unspecified atom stereocenters. The Morgan fingerprint density at radius 2 is 1.79 bits per heavy atom. The van der Waals surface area contributed by atoms with Gasteiger partial charge in [-0.1, -0.05) is 29.8 Å². The molecule has 150 valence electrons. The largest absolute Gasteiger partial charge is 0.492 e. The van der Waals surface area contributed by atoms with Crippen LogP contribution in [0.1, 0.15) is 38.1 Å². The van der Waals surface area contributed by atoms with Gasteiger partial charge < -0.3 is 14.8 Å². The van der Waals surface area contributed by atoms with Gasteiger partial charge in [-0.25, -0.2) is 0 Å². The van der Waals surface area contributed by atoms with E-state index in [9.17, 15) is 4.79 Å². The maximum absolute atomic E-state index is 12.7. The van der Waals surface area contributed by atoms with E-state index in [2.05, 4.69) is 40.4 Å². The Labute approximate surface area is 179 Å². The van der Waals surface area contributed by atoms with Crippen LogP contribution in [-0.4, -0.2) is 23.7 Å². The van der Waals surface area contributed by atoms with Crippen molar-refractivity contribution in [2.24, 2.45) is 5.92 Å². The summed E-state index contributed by atoms with van der Waals surface area (Å²) in [7, 11) is 0. The van der Waals surface area contributed by atoms with Gasteiger partial charge in [0, 0.05) is 10.2 Å². The van der Waals surface area contributed by atoms with Crippen molar-refractivity contribution in [2.45, 2.75) is 33.8 Å². The highest BCUT2D eigenvalue weighted by molar-refractivity contribution is 9.10. The van der Waals surface area contributed by atoms with Crippen LogP contribution in [0.5, 0.6) is 11.5 Å². The molecule has 0 saturated heterocycles. The molecule has 0 aliphatic carbocycles. The number of hydrogen-bond acceptors (Lipinski definition) is 4. The zero-order valence-electron chi connectivity index (χ0n) is 16.4. The average molecular weight is 465 g/mol. The average Bonchev–Trinajstić information content (AvgIpc) is 2.61. The fourth-order valence-electron chi connectivity index (χ4n) is 2.28. The van der Waals surface area contributed by atoms with E-state index in [1.54, 1.807) is 12.1 Å². The summed E-state index contributed by atoms with van der Waals surface area (Å²) in [5.74, 6) is 1.31. The van der Waals surface area contributed by atoms with E-state index < -0.39 is 0 Å². The summed E-state index contributed by atoms with van der Waals surface area (Å²) in [6.07, 6.45) is 0.108. The van der Waals surface area contributed by atoms with E-state index in [0.29, 0.717) is 23.8 Å². The smallest absolute Gasteiger partial charge is 0.261 e. The lowest BCUT2D eigenvalue weighted by Crippen LogP contribution is -2.34. The highest BCUT2D eigenvalue weighted by Gasteiger charge is 2.15. The SMILES string of the molecule is CC(C)COc1ccc(Br)cc1C(=O)NC(=S)Nc1ccc(OC(C)C)cc1. The number of rotatable bonds is 7. The zero-order chi connectivity index (χ0) is 20.7. The van der Waals surface area contributed by atoms with Crippen molar-refractivity contribution in [2.75, 3.05) is 11.9 Å². The monoisotopic (exact) mass is 464 g/mol. The number of nitrogens with one attached hydrogen (secondary N) is 2. The summed E-state index contributed by atoms with van der Waals surface area (Å²) < 4.78 is 12.2. The van der Waals surface area contributed by atoms with Crippen molar-refractivity contribution in [3.63, 3.8) is 0 Å². The molecule has 0 spiro atoms. The first-order valence-electron chi connectivity index (χ1n) is 9.06. The predicted octanol–water partition coefficient (Wildman–Crippen LogP) is 5.40. The van der Waals surface area contributed by atoms with E-state index in [0.717, 1.165) is 15.9 Å². The minimum absolute atomic E-state index is 0.108. The summed E-state index contributed by atoms with van der Waals surface area (Å²) in [5.41, 5.74) is 1.17. The number of halogens is 1. The number of hydrogen-bond donors (Lipinski definition) is 2. The number of amides is 1. The van der Waals surface area contributed by atoms with Crippen molar-refractivity contribution >= 4 is 44.9 Å². The third-order valence-corrected chi connectivity index (χ3v) is 4.17. The number of thiocarbonyl (C=S) groups is 1. The van der Waals surface area contributed by atoms with Crippen molar-refractivity contribution in [1.29, 1.82) is 0 Å². The summed E-state index contributed by atoms with van der Waals surface area (Å²) in [4.78, 5) is 12.7. The first-order chi connectivity index (χ1) is 13.2. The maximum atomic E-state index is 12.7. The second-order valence-electron chi connectivity index (χ2n) is 6.94. The van der Waals surface area contributed by atoms with Gasteiger partial charge in [0.2, 0.25) is 0 Å². The normalized spacial score (nSPS) is 10.7. The molecular weight excluding hydrogens is 440 g/mol. The lowest BCUT2D eigenvalue weighted by molar-refractivity contribution is 0.0973. The van der Waals surface area contributed by atoms with Crippen molar-refractivity contribution in [3.8, 4) is 11.5 Å². The fraction of sp³-hybridized carbons (Fsp3) is 0.333. The standard InChI is InChI=1S/C21H25BrN2O3S/c1-13(2)12-26-19-10-5-15(22)11-18(19)20(25)24-21(28)23-16-6-8-17(9-7-16)27-14(3)4/h5-11,13-14H,12H2,1-4H3,(H2,23,24,25,28). The molecule has 2 aromatic rings. The Balaban J connectivity index is 2.02. The van der Waals surface area contributed by atoms with Crippen LogP contribution < -0.4 is 20.1 Å². The Morgan fingerprint density at radius 1 is 1.11 bits per heavy atom. The van der Waals surface area contributed by atoms with Gasteiger partial charge in [0.1, 0.15) is 11.5 Å². The van der Waals surface area contributed by atoms with Gasteiger partial charge in [-0.05, 0) is 74.4 Å². The van der Waals surface area contributed by atoms with Crippen LogP contribution in [0.15, 0.2) is 46.9 Å². The van der Waals surface area contributed by atoms with E-state index in [4.69, 9.17) is 21.7 Å². The van der Waals surface area contributed by atoms with Gasteiger partial charge in [-0.15, -0.1) is 0 Å². The Bertz CT molecular complexity index is 823. The lowest BCUT2D eigenvalue weighted by atomic mass is 10.2. The summed E-state index contributed by atoms with van der Waals surface area (Å²) >= 11 is 8.66. The van der Waals surface area contributed by atoms with Crippen LogP contribution >= 0.6 is 28.1 Å². The molecule has 0 radical (unpaired) electrons. The predicted molar refractivity (Wildman–Crippen MR) is 120 cm³/mol. The molecule has 0 saturated carbocycles. The Kier molecular flexibility index (Phi) is 8.26. The molecule has 0 bridgehead atoms. The second-order valence-corrected chi connectivity index (χ2v) is 8.27. The first-order valence-corrected chi connectivity index (χ1v) is 10.3. The highest BCUT2D eigenvalue weighted by Crippen LogP contribution is 2.24. The molecule has 7 heteroatoms. The summed E-state index contributed by atoms with van der Waals surface area (Å²) in [6, 6.07) is 12.7. The topological polar surface area (TPSA) is 59.6 Å². The Morgan fingerprint density at radius 3 is 2.39 bits per heavy atom. The fourth-order valence-corrected chi connectivity index (χ4v) is 2.86. The van der Waals surface area contributed by atoms with Crippen LogP contribution in [0.3, 0.4) is 0 Å². The van der Waals surface area contributed by atoms with Crippen LogP contribution in [-0.2, 0) is 0 Å². The van der Waals surface area contributed by atoms with E-state index in [1.165, 1.54) is 0 Å². The van der Waals surface area contributed by atoms with Crippen molar-refractivity contribution < 1.29 is 14.3 Å². The van der Waals surface area contributed by atoms with Crippen LogP contribution in [0.2, 0.25) is 0 Å². The van der Waals surface area contributed by atoms with E-state index in [1.807, 2.05) is 44.2 Å². The first kappa shape index (κ1) is 22.2. The number of carbonyl (C=O) groups excluding carboxylic acids is 1. The molecule has 28 heavy (non-hydrogen) atoms. The molecule has 2 rings (SSSR count). The van der Waals surface area contributed by atoms with Gasteiger partial charge in [0.25, 0.3) is 5.91 Å². The lowest BCUT2D eigenvalue weighted by Gasteiger charge is -2.15. The molecule has 0 aliphatic rings. The number of benzene rings is 2. The third kappa shape index (κ3) is 7.13. The summed E-state index contributed by atoms with van der Waals surface area (Å²) in [6.45, 7) is 8.56. The maximum Gasteiger partial charge on any atom is 0.261 e. The number of carbonyl (C=O) groups is 1. The van der Waals surface area contributed by atoms with Gasteiger partial charge in [0.05, 0.1) is 18.3 Å². The Hall–Kier alpha value is -2.12. The molecule has 2 aromatic carbocycles. The van der Waals surface area contributed by atoms with Crippen LogP contribution in [0.4, 0.5) is 5.69 Å². The third-order valence-electron chi connectivity index (χ3n) is 3.47. The molecule has 0 aliphatic heterocycles. The zero-order valence-corrected chi connectivity index (χ0v) is 18.8. The molecule has 0 atom stereocenters. The number of anilines is 1. The molecule has 0 fully saturated rings. The van der Waals surface area contributed by atoms with Crippen molar-refractivity contribution in [1.82, 2.24) is 5.32 Å². The number of ether oxygens (including phenoxy) is 2. The molecular formula is C21H25BrN2O3S. The molecule has 0 aromatic heterocycles. The summed E-state index contributed by atoms with van der Waals surface area (Å²) in [5, 5.41) is 5.90. The minimum Gasteiger partial charge on any atom is -0.492 e. The van der Waals surface area contributed by atoms with Gasteiger partial charge in [0.15, 0.2) is 5.11 Å². The van der Waals surface area contributed by atoms with Crippen LogP contribution in [0.25, 0.3) is 0 Å². The quantitative estimate of drug-likeness (QED) is 0.537. The molecule has 5 nitrogen and oxygen atoms in total. The van der Waals surface area contributed by atoms with Crippen molar-refractivity contribution in [3.05, 3.63) is 52.5 Å². The van der Waals surface area contributed by atoms with E-state index in [-0.39, 0.29) is 17.1 Å². The molecule has 1 amide bonds. The second kappa shape index (κ2) is 10.4. The van der Waals surface area contributed by atoms with Crippen LogP contribution in [0, 0.1) is 5.92 Å².